The van der Waals surface area contributed by atoms with Gasteiger partial charge in [0.1, 0.15) is 0 Å². The van der Waals surface area contributed by atoms with E-state index in [1.165, 1.54) is 0 Å². The van der Waals surface area contributed by atoms with Crippen LogP contribution in [0.3, 0.4) is 0 Å². The first kappa shape index (κ1) is 16.9. The molecule has 0 aliphatic carbocycles. The van der Waals surface area contributed by atoms with E-state index in [1.54, 1.807) is 7.11 Å². The molecule has 0 aromatic heterocycles. The molecule has 0 amide bonds. The highest BCUT2D eigenvalue weighted by Crippen LogP contribution is 2.24. The molecule has 0 rings (SSSR count). The summed E-state index contributed by atoms with van der Waals surface area (Å²) < 4.78 is 5.49. The predicted octanol–water partition coefficient (Wildman–Crippen LogP) is 2.64. The fourth-order valence-electron chi connectivity index (χ4n) is 2.35. The van der Waals surface area contributed by atoms with Gasteiger partial charge in [0.2, 0.25) is 0 Å². The lowest BCUT2D eigenvalue weighted by Crippen LogP contribution is -2.54. The van der Waals surface area contributed by atoms with Crippen molar-refractivity contribution < 1.29 is 4.74 Å². The Hall–Kier alpha value is -0.120. The van der Waals surface area contributed by atoms with Crippen LogP contribution in [0, 0.1) is 0 Å². The molecule has 0 radical (unpaired) electrons. The summed E-state index contributed by atoms with van der Waals surface area (Å²) in [4.78, 5) is 2.52. The minimum atomic E-state index is -0.0464. The number of rotatable bonds is 9. The summed E-state index contributed by atoms with van der Waals surface area (Å²) in [5.74, 6) is 0. The van der Waals surface area contributed by atoms with Crippen LogP contribution in [0.25, 0.3) is 0 Å². The third-order valence-electron chi connectivity index (χ3n) is 4.29. The fourth-order valence-corrected chi connectivity index (χ4v) is 2.35. The van der Waals surface area contributed by atoms with Crippen molar-refractivity contribution in [2.75, 3.05) is 26.7 Å². The lowest BCUT2D eigenvalue weighted by molar-refractivity contribution is -0.00631. The summed E-state index contributed by atoms with van der Waals surface area (Å²) >= 11 is 0. The molecular weight excluding hydrogens is 212 g/mol. The summed E-state index contributed by atoms with van der Waals surface area (Å²) in [6.07, 6.45) is 3.27. The first-order valence-corrected chi connectivity index (χ1v) is 6.91. The van der Waals surface area contributed by atoms with E-state index >= 15 is 0 Å². The molecular formula is C14H32N2O. The SMILES string of the molecule is CCN(CCC(C)(C)OC)C(CC)(CC)CN. The Labute approximate surface area is 108 Å². The Morgan fingerprint density at radius 1 is 1.12 bits per heavy atom. The van der Waals surface area contributed by atoms with E-state index in [9.17, 15) is 0 Å². The van der Waals surface area contributed by atoms with Crippen molar-refractivity contribution in [1.82, 2.24) is 4.90 Å². The first-order valence-electron chi connectivity index (χ1n) is 6.91. The van der Waals surface area contributed by atoms with Gasteiger partial charge in [0.05, 0.1) is 5.60 Å². The van der Waals surface area contributed by atoms with E-state index in [0.29, 0.717) is 0 Å². The minimum Gasteiger partial charge on any atom is -0.379 e. The van der Waals surface area contributed by atoms with Crippen LogP contribution in [0.15, 0.2) is 0 Å². The van der Waals surface area contributed by atoms with Crippen LogP contribution in [0.2, 0.25) is 0 Å². The summed E-state index contributed by atoms with van der Waals surface area (Å²) in [6.45, 7) is 13.8. The van der Waals surface area contributed by atoms with Crippen molar-refractivity contribution in [2.24, 2.45) is 5.73 Å². The molecule has 0 bridgehead atoms. The van der Waals surface area contributed by atoms with Crippen LogP contribution in [-0.2, 0) is 4.74 Å². The number of hydrogen-bond acceptors (Lipinski definition) is 3. The minimum absolute atomic E-state index is 0.0464. The Bertz CT molecular complexity index is 192. The Morgan fingerprint density at radius 2 is 1.65 bits per heavy atom. The van der Waals surface area contributed by atoms with E-state index in [-0.39, 0.29) is 11.1 Å². The maximum atomic E-state index is 6.00. The van der Waals surface area contributed by atoms with Gasteiger partial charge in [0.15, 0.2) is 0 Å². The summed E-state index contributed by atoms with van der Waals surface area (Å²) in [7, 11) is 1.78. The fraction of sp³-hybridized carbons (Fsp3) is 1.00. The Morgan fingerprint density at radius 3 is 1.94 bits per heavy atom. The number of methoxy groups -OCH3 is 1. The standard InChI is InChI=1S/C14H32N2O/c1-7-14(8-2,12-15)16(9-3)11-10-13(4,5)17-6/h7-12,15H2,1-6H3. The average molecular weight is 244 g/mol. The molecule has 2 N–H and O–H groups in total. The van der Waals surface area contributed by atoms with Gasteiger partial charge in [-0.1, -0.05) is 20.8 Å². The third kappa shape index (κ3) is 4.57. The van der Waals surface area contributed by atoms with E-state index in [2.05, 4.69) is 39.5 Å². The molecule has 0 saturated heterocycles. The van der Waals surface area contributed by atoms with Crippen molar-refractivity contribution in [3.63, 3.8) is 0 Å². The van der Waals surface area contributed by atoms with Crippen molar-refractivity contribution in [2.45, 2.75) is 65.0 Å². The summed E-state index contributed by atoms with van der Waals surface area (Å²) in [6, 6.07) is 0. The van der Waals surface area contributed by atoms with Crippen LogP contribution in [0.4, 0.5) is 0 Å². The molecule has 0 aromatic carbocycles. The van der Waals surface area contributed by atoms with Crippen LogP contribution in [-0.4, -0.2) is 42.8 Å². The second-order valence-corrected chi connectivity index (χ2v) is 5.43. The summed E-state index contributed by atoms with van der Waals surface area (Å²) in [5, 5.41) is 0. The van der Waals surface area contributed by atoms with Gasteiger partial charge < -0.3 is 10.5 Å². The molecule has 17 heavy (non-hydrogen) atoms. The highest BCUT2D eigenvalue weighted by molar-refractivity contribution is 4.90. The number of nitrogens with two attached hydrogens (primary N) is 1. The average Bonchev–Trinajstić information content (AvgIpc) is 2.35. The highest BCUT2D eigenvalue weighted by atomic mass is 16.5. The molecule has 3 heteroatoms. The lowest BCUT2D eigenvalue weighted by Gasteiger charge is -2.43. The molecule has 0 fully saturated rings. The highest BCUT2D eigenvalue weighted by Gasteiger charge is 2.31. The first-order chi connectivity index (χ1) is 7.91. The maximum absolute atomic E-state index is 6.00. The third-order valence-corrected chi connectivity index (χ3v) is 4.29. The summed E-state index contributed by atoms with van der Waals surface area (Å²) in [5.41, 5.74) is 6.12. The topological polar surface area (TPSA) is 38.5 Å². The molecule has 0 heterocycles. The van der Waals surface area contributed by atoms with Gasteiger partial charge in [0, 0.05) is 25.7 Å². The monoisotopic (exact) mass is 244 g/mol. The molecule has 0 spiro atoms. The zero-order valence-corrected chi connectivity index (χ0v) is 12.7. The second kappa shape index (κ2) is 7.34. The van der Waals surface area contributed by atoms with E-state index < -0.39 is 0 Å². The second-order valence-electron chi connectivity index (χ2n) is 5.43. The maximum Gasteiger partial charge on any atom is 0.0634 e. The van der Waals surface area contributed by atoms with Crippen molar-refractivity contribution in [3.05, 3.63) is 0 Å². The number of nitrogens with zero attached hydrogens (tertiary/aromatic N) is 1. The number of likely N-dealkylation sites (N-methyl/N-ethyl adjacent to an activating group) is 1. The van der Waals surface area contributed by atoms with Crippen LogP contribution < -0.4 is 5.73 Å². The van der Waals surface area contributed by atoms with Crippen LogP contribution in [0.5, 0.6) is 0 Å². The molecule has 3 nitrogen and oxygen atoms in total. The Kier molecular flexibility index (Phi) is 7.29. The van der Waals surface area contributed by atoms with Gasteiger partial charge in [0.25, 0.3) is 0 Å². The smallest absolute Gasteiger partial charge is 0.0634 e. The van der Waals surface area contributed by atoms with Gasteiger partial charge >= 0.3 is 0 Å². The van der Waals surface area contributed by atoms with Crippen molar-refractivity contribution in [3.8, 4) is 0 Å². The van der Waals surface area contributed by atoms with Gasteiger partial charge in [-0.3, -0.25) is 4.90 Å². The van der Waals surface area contributed by atoms with E-state index in [1.807, 2.05) is 0 Å². The largest absolute Gasteiger partial charge is 0.379 e. The zero-order valence-electron chi connectivity index (χ0n) is 12.7. The normalized spacial score (nSPS) is 13.4. The van der Waals surface area contributed by atoms with Gasteiger partial charge in [-0.15, -0.1) is 0 Å². The molecule has 0 aliphatic heterocycles. The van der Waals surface area contributed by atoms with E-state index in [4.69, 9.17) is 10.5 Å². The van der Waals surface area contributed by atoms with Crippen LogP contribution >= 0.6 is 0 Å². The Balaban J connectivity index is 4.60. The van der Waals surface area contributed by atoms with Crippen LogP contribution in [0.1, 0.15) is 53.9 Å². The van der Waals surface area contributed by atoms with E-state index in [0.717, 1.165) is 38.9 Å². The lowest BCUT2D eigenvalue weighted by atomic mass is 9.89. The zero-order chi connectivity index (χ0) is 13.5. The van der Waals surface area contributed by atoms with Gasteiger partial charge in [-0.25, -0.2) is 0 Å². The molecule has 0 unspecified atom stereocenters. The molecule has 0 atom stereocenters. The number of hydrogen-bond donors (Lipinski definition) is 1. The predicted molar refractivity (Wildman–Crippen MR) is 75.3 cm³/mol. The molecule has 0 aliphatic rings. The van der Waals surface area contributed by atoms with Crippen molar-refractivity contribution >= 4 is 0 Å². The molecule has 0 saturated carbocycles. The molecule has 104 valence electrons. The quantitative estimate of drug-likeness (QED) is 0.677. The van der Waals surface area contributed by atoms with Gasteiger partial charge in [-0.05, 0) is 39.7 Å². The number of ether oxygens (including phenoxy) is 1. The van der Waals surface area contributed by atoms with Gasteiger partial charge in [-0.2, -0.15) is 0 Å². The van der Waals surface area contributed by atoms with Crippen molar-refractivity contribution in [1.29, 1.82) is 0 Å². The molecule has 0 aromatic rings.